The number of amides is 2. The predicted molar refractivity (Wildman–Crippen MR) is 88.4 cm³/mol. The normalized spacial score (nSPS) is 15.8. The summed E-state index contributed by atoms with van der Waals surface area (Å²) >= 11 is 1.48. The highest BCUT2D eigenvalue weighted by Gasteiger charge is 2.27. The molecule has 7 nitrogen and oxygen atoms in total. The van der Waals surface area contributed by atoms with Crippen LogP contribution in [-0.2, 0) is 0 Å². The second-order valence-corrected chi connectivity index (χ2v) is 6.67. The van der Waals surface area contributed by atoms with Crippen LogP contribution in [0.5, 0.6) is 0 Å². The molecule has 2 aromatic rings. The number of rotatable bonds is 3. The summed E-state index contributed by atoms with van der Waals surface area (Å²) < 4.78 is 1.79. The molecular formula is C15H19N5O2S. The number of primary amides is 1. The Kier molecular flexibility index (Phi) is 4.08. The molecule has 0 radical (unpaired) electrons. The Morgan fingerprint density at radius 2 is 2.04 bits per heavy atom. The lowest BCUT2D eigenvalue weighted by Crippen LogP contribution is -2.38. The number of hydrogen-bond acceptors (Lipinski definition) is 5. The van der Waals surface area contributed by atoms with E-state index in [-0.39, 0.29) is 17.6 Å². The third-order valence-electron chi connectivity index (χ3n) is 4.15. The molecule has 0 bridgehead atoms. The summed E-state index contributed by atoms with van der Waals surface area (Å²) in [4.78, 5) is 30.3. The van der Waals surface area contributed by atoms with E-state index in [2.05, 4.69) is 4.98 Å². The third kappa shape index (κ3) is 2.94. The number of aryl methyl sites for hydroxylation is 1. The zero-order chi connectivity index (χ0) is 16.6. The van der Waals surface area contributed by atoms with Crippen LogP contribution in [0, 0.1) is 6.92 Å². The fraction of sp³-hybridized carbons (Fsp3) is 0.400. The van der Waals surface area contributed by atoms with Gasteiger partial charge in [0, 0.05) is 19.1 Å². The van der Waals surface area contributed by atoms with Crippen molar-refractivity contribution in [3.63, 3.8) is 0 Å². The number of piperidine rings is 1. The van der Waals surface area contributed by atoms with Crippen LogP contribution in [0.1, 0.15) is 44.6 Å². The fourth-order valence-corrected chi connectivity index (χ4v) is 3.76. The van der Waals surface area contributed by atoms with Gasteiger partial charge in [0.05, 0.1) is 11.2 Å². The van der Waals surface area contributed by atoms with Gasteiger partial charge in [-0.05, 0) is 36.8 Å². The predicted octanol–water partition coefficient (Wildman–Crippen LogP) is 1.41. The standard InChI is InChI=1S/C15H19N5O2S/c1-9-6-11(23-7-9)15(22)19-4-2-10(3-5-19)20-8-18-12(13(20)16)14(17)21/h6-8,10H,2-5,16H2,1H3,(H2,17,21). The number of carbonyl (C=O) groups is 2. The molecule has 0 atom stereocenters. The molecule has 0 spiro atoms. The second-order valence-electron chi connectivity index (χ2n) is 5.76. The van der Waals surface area contributed by atoms with Crippen molar-refractivity contribution in [3.05, 3.63) is 33.9 Å². The molecule has 0 aliphatic carbocycles. The van der Waals surface area contributed by atoms with Gasteiger partial charge in [-0.1, -0.05) is 0 Å². The molecule has 1 saturated heterocycles. The summed E-state index contributed by atoms with van der Waals surface area (Å²) in [5.74, 6) is -0.240. The molecule has 0 saturated carbocycles. The smallest absolute Gasteiger partial charge is 0.271 e. The van der Waals surface area contributed by atoms with Crippen molar-refractivity contribution in [1.82, 2.24) is 14.5 Å². The lowest BCUT2D eigenvalue weighted by atomic mass is 10.0. The molecule has 0 aromatic carbocycles. The first-order valence-corrected chi connectivity index (χ1v) is 8.32. The maximum absolute atomic E-state index is 12.4. The Morgan fingerprint density at radius 3 is 2.57 bits per heavy atom. The van der Waals surface area contributed by atoms with Crippen LogP contribution >= 0.6 is 11.3 Å². The molecule has 0 unspecified atom stereocenters. The van der Waals surface area contributed by atoms with Crippen LogP contribution in [-0.4, -0.2) is 39.4 Å². The van der Waals surface area contributed by atoms with Gasteiger partial charge in [0.15, 0.2) is 5.69 Å². The van der Waals surface area contributed by atoms with E-state index in [9.17, 15) is 9.59 Å². The van der Waals surface area contributed by atoms with Gasteiger partial charge in [0.25, 0.3) is 11.8 Å². The number of nitrogens with two attached hydrogens (primary N) is 2. The molecular weight excluding hydrogens is 314 g/mol. The SMILES string of the molecule is Cc1csc(C(=O)N2CCC(n3cnc(C(N)=O)c3N)CC2)c1. The second kappa shape index (κ2) is 6.04. The summed E-state index contributed by atoms with van der Waals surface area (Å²) in [5.41, 5.74) is 12.4. The minimum Gasteiger partial charge on any atom is -0.383 e. The highest BCUT2D eigenvalue weighted by atomic mass is 32.1. The Morgan fingerprint density at radius 1 is 1.35 bits per heavy atom. The fourth-order valence-electron chi connectivity index (χ4n) is 2.90. The first kappa shape index (κ1) is 15.5. The highest BCUT2D eigenvalue weighted by molar-refractivity contribution is 7.12. The number of likely N-dealkylation sites (tertiary alicyclic amines) is 1. The third-order valence-corrected chi connectivity index (χ3v) is 5.19. The van der Waals surface area contributed by atoms with E-state index in [4.69, 9.17) is 11.5 Å². The van der Waals surface area contributed by atoms with Gasteiger partial charge in [-0.3, -0.25) is 9.59 Å². The maximum atomic E-state index is 12.4. The molecule has 1 aliphatic heterocycles. The first-order chi connectivity index (χ1) is 11.0. The van der Waals surface area contributed by atoms with Crippen LogP contribution in [0.3, 0.4) is 0 Å². The van der Waals surface area contributed by atoms with Crippen molar-refractivity contribution < 1.29 is 9.59 Å². The minimum atomic E-state index is -0.623. The van der Waals surface area contributed by atoms with Gasteiger partial charge in [-0.25, -0.2) is 4.98 Å². The van der Waals surface area contributed by atoms with E-state index in [1.165, 1.54) is 11.3 Å². The number of hydrogen-bond donors (Lipinski definition) is 2. The molecule has 23 heavy (non-hydrogen) atoms. The first-order valence-electron chi connectivity index (χ1n) is 7.44. The number of nitrogen functional groups attached to an aromatic ring is 1. The van der Waals surface area contributed by atoms with E-state index in [1.54, 1.807) is 10.9 Å². The van der Waals surface area contributed by atoms with Crippen LogP contribution in [0.4, 0.5) is 5.82 Å². The van der Waals surface area contributed by atoms with Crippen LogP contribution in [0.2, 0.25) is 0 Å². The quantitative estimate of drug-likeness (QED) is 0.885. The lowest BCUT2D eigenvalue weighted by molar-refractivity contribution is 0.0700. The van der Waals surface area contributed by atoms with E-state index in [1.807, 2.05) is 23.3 Å². The van der Waals surface area contributed by atoms with Crippen LogP contribution in [0.25, 0.3) is 0 Å². The molecule has 2 aromatic heterocycles. The Hall–Kier alpha value is -2.35. The topological polar surface area (TPSA) is 107 Å². The molecule has 1 aliphatic rings. The summed E-state index contributed by atoms with van der Waals surface area (Å²) in [5, 5.41) is 1.98. The number of thiophene rings is 1. The molecule has 3 heterocycles. The largest absolute Gasteiger partial charge is 0.383 e. The molecule has 8 heteroatoms. The zero-order valence-electron chi connectivity index (χ0n) is 12.9. The average Bonchev–Trinajstić information content (AvgIpc) is 3.13. The number of aromatic nitrogens is 2. The Labute approximate surface area is 137 Å². The van der Waals surface area contributed by atoms with Gasteiger partial charge in [-0.2, -0.15) is 0 Å². The molecule has 4 N–H and O–H groups in total. The van der Waals surface area contributed by atoms with E-state index in [0.717, 1.165) is 23.3 Å². The highest BCUT2D eigenvalue weighted by Crippen LogP contribution is 2.28. The zero-order valence-corrected chi connectivity index (χ0v) is 13.7. The van der Waals surface area contributed by atoms with Crippen molar-refractivity contribution >= 4 is 29.0 Å². The van der Waals surface area contributed by atoms with E-state index >= 15 is 0 Å². The van der Waals surface area contributed by atoms with Gasteiger partial charge in [0.1, 0.15) is 5.82 Å². The van der Waals surface area contributed by atoms with E-state index < -0.39 is 5.91 Å². The summed E-state index contributed by atoms with van der Waals surface area (Å²) in [6, 6.07) is 2.05. The van der Waals surface area contributed by atoms with E-state index in [0.29, 0.717) is 18.9 Å². The Balaban J connectivity index is 1.67. The lowest BCUT2D eigenvalue weighted by Gasteiger charge is -2.32. The molecule has 2 amide bonds. The summed E-state index contributed by atoms with van der Waals surface area (Å²) in [7, 11) is 0. The summed E-state index contributed by atoms with van der Waals surface area (Å²) in [6.45, 7) is 3.30. The molecule has 3 rings (SSSR count). The van der Waals surface area contributed by atoms with Gasteiger partial charge < -0.3 is 20.9 Å². The van der Waals surface area contributed by atoms with Crippen molar-refractivity contribution in [2.45, 2.75) is 25.8 Å². The monoisotopic (exact) mass is 333 g/mol. The van der Waals surface area contributed by atoms with Gasteiger partial charge in [-0.15, -0.1) is 11.3 Å². The summed E-state index contributed by atoms with van der Waals surface area (Å²) in [6.07, 6.45) is 3.10. The number of nitrogens with zero attached hydrogens (tertiary/aromatic N) is 3. The maximum Gasteiger partial charge on any atom is 0.271 e. The van der Waals surface area contributed by atoms with Crippen molar-refractivity contribution in [2.24, 2.45) is 5.73 Å². The Bertz CT molecular complexity index is 743. The van der Waals surface area contributed by atoms with Gasteiger partial charge in [0.2, 0.25) is 0 Å². The number of carbonyl (C=O) groups excluding carboxylic acids is 2. The molecule has 122 valence electrons. The number of imidazole rings is 1. The van der Waals surface area contributed by atoms with Crippen molar-refractivity contribution in [3.8, 4) is 0 Å². The average molecular weight is 333 g/mol. The minimum absolute atomic E-state index is 0.0815. The van der Waals surface area contributed by atoms with Crippen LogP contribution in [0.15, 0.2) is 17.8 Å². The van der Waals surface area contributed by atoms with Crippen LogP contribution < -0.4 is 11.5 Å². The van der Waals surface area contributed by atoms with Crippen molar-refractivity contribution in [2.75, 3.05) is 18.8 Å². The van der Waals surface area contributed by atoms with Gasteiger partial charge >= 0.3 is 0 Å². The van der Waals surface area contributed by atoms with Crippen molar-refractivity contribution in [1.29, 1.82) is 0 Å². The number of anilines is 1. The molecule has 1 fully saturated rings.